The molecule has 1 aromatic carbocycles. The molecule has 0 spiro atoms. The highest BCUT2D eigenvalue weighted by Gasteiger charge is 2.22. The minimum Gasteiger partial charge on any atom is -0.475 e. The second kappa shape index (κ2) is 5.64. The normalized spacial score (nSPS) is 11.9. The molecule has 2 aromatic rings. The average molecular weight is 277 g/mol. The number of aromatic carboxylic acids is 1. The van der Waals surface area contributed by atoms with Crippen molar-refractivity contribution in [2.75, 3.05) is 6.61 Å². The molecule has 0 saturated heterocycles. The van der Waals surface area contributed by atoms with E-state index in [9.17, 15) is 9.90 Å². The Morgan fingerprint density at radius 1 is 1.35 bits per heavy atom. The van der Waals surface area contributed by atoms with Crippen LogP contribution in [-0.2, 0) is 6.54 Å². The molecular formula is C15H19NO4. The van der Waals surface area contributed by atoms with Crippen LogP contribution in [0.4, 0.5) is 0 Å². The predicted octanol–water partition coefficient (Wildman–Crippen LogP) is 2.38. The summed E-state index contributed by atoms with van der Waals surface area (Å²) in [5.74, 6) is -1.10. The van der Waals surface area contributed by atoms with Crippen LogP contribution in [0.3, 0.4) is 0 Å². The first-order valence-corrected chi connectivity index (χ1v) is 6.54. The van der Waals surface area contributed by atoms with Gasteiger partial charge in [0.1, 0.15) is 5.58 Å². The maximum Gasteiger partial charge on any atom is 0.372 e. The highest BCUT2D eigenvalue weighted by Crippen LogP contribution is 2.26. The van der Waals surface area contributed by atoms with E-state index >= 15 is 0 Å². The number of para-hydroxylation sites is 1. The molecule has 0 saturated carbocycles. The van der Waals surface area contributed by atoms with Gasteiger partial charge in [0.05, 0.1) is 0 Å². The molecule has 0 radical (unpaired) electrons. The monoisotopic (exact) mass is 277 g/mol. The molecular weight excluding hydrogens is 258 g/mol. The molecule has 0 aliphatic heterocycles. The summed E-state index contributed by atoms with van der Waals surface area (Å²) in [5, 5.41) is 22.3. The van der Waals surface area contributed by atoms with Gasteiger partial charge in [0.15, 0.2) is 0 Å². The molecule has 108 valence electrons. The number of nitrogens with one attached hydrogen (secondary N) is 1. The van der Waals surface area contributed by atoms with E-state index in [2.05, 4.69) is 5.32 Å². The topological polar surface area (TPSA) is 82.7 Å². The first kappa shape index (κ1) is 14.6. The van der Waals surface area contributed by atoms with E-state index in [0.29, 0.717) is 24.1 Å². The van der Waals surface area contributed by atoms with Crippen LogP contribution in [0, 0.1) is 0 Å². The van der Waals surface area contributed by atoms with Crippen molar-refractivity contribution in [3.63, 3.8) is 0 Å². The lowest BCUT2D eigenvalue weighted by Gasteiger charge is -2.25. The number of aliphatic hydroxyl groups excluding tert-OH is 1. The number of fused-ring (bicyclic) bond motifs is 1. The Kier molecular flexibility index (Phi) is 4.11. The largest absolute Gasteiger partial charge is 0.475 e. The van der Waals surface area contributed by atoms with E-state index in [0.717, 1.165) is 5.39 Å². The van der Waals surface area contributed by atoms with Gasteiger partial charge in [-0.1, -0.05) is 18.2 Å². The van der Waals surface area contributed by atoms with E-state index in [1.807, 2.05) is 32.0 Å². The number of carboxylic acids is 1. The van der Waals surface area contributed by atoms with Crippen molar-refractivity contribution in [2.24, 2.45) is 0 Å². The summed E-state index contributed by atoms with van der Waals surface area (Å²) in [6.07, 6.45) is 0.588. The Hall–Kier alpha value is -1.85. The molecule has 0 fully saturated rings. The van der Waals surface area contributed by atoms with Crippen LogP contribution in [0.1, 0.15) is 36.4 Å². The third kappa shape index (κ3) is 3.00. The number of rotatable bonds is 6. The van der Waals surface area contributed by atoms with E-state index in [1.165, 1.54) is 0 Å². The number of furan rings is 1. The highest BCUT2D eigenvalue weighted by atomic mass is 16.4. The molecule has 0 aliphatic carbocycles. The van der Waals surface area contributed by atoms with Crippen molar-refractivity contribution in [3.8, 4) is 0 Å². The molecule has 1 aromatic heterocycles. The summed E-state index contributed by atoms with van der Waals surface area (Å²) in [7, 11) is 0. The summed E-state index contributed by atoms with van der Waals surface area (Å²) in [5.41, 5.74) is 0.934. The maximum atomic E-state index is 11.3. The fourth-order valence-corrected chi connectivity index (χ4v) is 2.14. The van der Waals surface area contributed by atoms with E-state index in [1.54, 1.807) is 6.07 Å². The van der Waals surface area contributed by atoms with Gasteiger partial charge < -0.3 is 19.9 Å². The van der Waals surface area contributed by atoms with Crippen LogP contribution in [0.2, 0.25) is 0 Å². The molecule has 0 atom stereocenters. The van der Waals surface area contributed by atoms with Crippen molar-refractivity contribution < 1.29 is 19.4 Å². The van der Waals surface area contributed by atoms with Gasteiger partial charge in [-0.3, -0.25) is 0 Å². The van der Waals surface area contributed by atoms with Crippen molar-refractivity contribution in [1.29, 1.82) is 0 Å². The van der Waals surface area contributed by atoms with Gasteiger partial charge in [-0.05, 0) is 26.3 Å². The van der Waals surface area contributed by atoms with Gasteiger partial charge in [0, 0.05) is 29.6 Å². The SMILES string of the molecule is CC(C)(CCO)NCc1c(C(=O)O)oc2ccccc12. The van der Waals surface area contributed by atoms with Crippen molar-refractivity contribution in [3.05, 3.63) is 35.6 Å². The van der Waals surface area contributed by atoms with Crippen molar-refractivity contribution >= 4 is 16.9 Å². The molecule has 1 heterocycles. The van der Waals surface area contributed by atoms with Crippen LogP contribution in [0.25, 0.3) is 11.0 Å². The van der Waals surface area contributed by atoms with E-state index < -0.39 is 5.97 Å². The molecule has 0 aliphatic rings. The molecule has 0 amide bonds. The van der Waals surface area contributed by atoms with Gasteiger partial charge in [0.2, 0.25) is 5.76 Å². The Morgan fingerprint density at radius 3 is 2.70 bits per heavy atom. The summed E-state index contributed by atoms with van der Waals surface area (Å²) < 4.78 is 5.40. The number of benzene rings is 1. The van der Waals surface area contributed by atoms with Crippen molar-refractivity contribution in [2.45, 2.75) is 32.4 Å². The number of aliphatic hydroxyl groups is 1. The van der Waals surface area contributed by atoms with Crippen LogP contribution in [0.5, 0.6) is 0 Å². The van der Waals surface area contributed by atoms with E-state index in [-0.39, 0.29) is 17.9 Å². The van der Waals surface area contributed by atoms with Crippen molar-refractivity contribution in [1.82, 2.24) is 5.32 Å². The summed E-state index contributed by atoms with van der Waals surface area (Å²) in [6.45, 7) is 4.39. The zero-order chi connectivity index (χ0) is 14.8. The second-order valence-corrected chi connectivity index (χ2v) is 5.42. The fourth-order valence-electron chi connectivity index (χ4n) is 2.14. The zero-order valence-corrected chi connectivity index (χ0v) is 11.6. The predicted molar refractivity (Wildman–Crippen MR) is 75.8 cm³/mol. The Morgan fingerprint density at radius 2 is 2.05 bits per heavy atom. The lowest BCUT2D eigenvalue weighted by Crippen LogP contribution is -2.39. The molecule has 5 nitrogen and oxygen atoms in total. The number of hydrogen-bond acceptors (Lipinski definition) is 4. The van der Waals surface area contributed by atoms with Gasteiger partial charge in [-0.15, -0.1) is 0 Å². The lowest BCUT2D eigenvalue weighted by atomic mass is 10.0. The molecule has 3 N–H and O–H groups in total. The van der Waals surface area contributed by atoms with Crippen LogP contribution >= 0.6 is 0 Å². The lowest BCUT2D eigenvalue weighted by molar-refractivity contribution is 0.0662. The van der Waals surface area contributed by atoms with Crippen LogP contribution < -0.4 is 5.32 Å². The van der Waals surface area contributed by atoms with Crippen LogP contribution in [-0.4, -0.2) is 28.3 Å². The third-order valence-electron chi connectivity index (χ3n) is 3.37. The van der Waals surface area contributed by atoms with Crippen LogP contribution in [0.15, 0.2) is 28.7 Å². The standard InChI is InChI=1S/C15H19NO4/c1-15(2,7-8-17)16-9-11-10-5-3-4-6-12(10)20-13(11)14(18)19/h3-6,16-17H,7-9H2,1-2H3,(H,18,19). The smallest absolute Gasteiger partial charge is 0.372 e. The van der Waals surface area contributed by atoms with Gasteiger partial charge in [-0.25, -0.2) is 4.79 Å². The number of carboxylic acid groups (broad SMARTS) is 1. The van der Waals surface area contributed by atoms with Gasteiger partial charge in [0.25, 0.3) is 0 Å². The van der Waals surface area contributed by atoms with Gasteiger partial charge in [-0.2, -0.15) is 0 Å². The Bertz CT molecular complexity index is 615. The number of carbonyl (C=O) groups is 1. The van der Waals surface area contributed by atoms with Gasteiger partial charge >= 0.3 is 5.97 Å². The molecule has 0 bridgehead atoms. The van der Waals surface area contributed by atoms with E-state index in [4.69, 9.17) is 9.52 Å². The maximum absolute atomic E-state index is 11.3. The minimum atomic E-state index is -1.07. The summed E-state index contributed by atoms with van der Waals surface area (Å²) in [4.78, 5) is 11.3. The zero-order valence-electron chi connectivity index (χ0n) is 11.6. The quantitative estimate of drug-likeness (QED) is 0.755. The minimum absolute atomic E-state index is 0.0292. The Balaban J connectivity index is 2.32. The first-order valence-electron chi connectivity index (χ1n) is 6.54. The second-order valence-electron chi connectivity index (χ2n) is 5.42. The number of hydrogen-bond donors (Lipinski definition) is 3. The fraction of sp³-hybridized carbons (Fsp3) is 0.400. The highest BCUT2D eigenvalue weighted by molar-refractivity contribution is 5.95. The summed E-state index contributed by atoms with van der Waals surface area (Å²) >= 11 is 0. The third-order valence-corrected chi connectivity index (χ3v) is 3.37. The molecule has 2 rings (SSSR count). The first-order chi connectivity index (χ1) is 9.44. The average Bonchev–Trinajstić information content (AvgIpc) is 2.75. The molecule has 0 unspecified atom stereocenters. The molecule has 20 heavy (non-hydrogen) atoms. The Labute approximate surface area is 117 Å². The summed E-state index contributed by atoms with van der Waals surface area (Å²) in [6, 6.07) is 7.27. The molecule has 5 heteroatoms.